The normalized spacial score (nSPS) is 10.8. The van der Waals surface area contributed by atoms with E-state index in [4.69, 9.17) is 4.74 Å². The van der Waals surface area contributed by atoms with Gasteiger partial charge in [-0.1, -0.05) is 44.2 Å². The van der Waals surface area contributed by atoms with E-state index in [0.717, 1.165) is 0 Å². The van der Waals surface area contributed by atoms with E-state index in [2.05, 4.69) is 4.98 Å². The maximum absolute atomic E-state index is 12.4. The van der Waals surface area contributed by atoms with E-state index in [1.54, 1.807) is 31.2 Å². The van der Waals surface area contributed by atoms with Gasteiger partial charge in [-0.15, -0.1) is 0 Å². The topological polar surface area (TPSA) is 79.4 Å². The number of aromatic hydroxyl groups is 1. The zero-order chi connectivity index (χ0) is 17.0. The Morgan fingerprint density at radius 3 is 2.48 bits per heavy atom. The van der Waals surface area contributed by atoms with E-state index in [-0.39, 0.29) is 29.4 Å². The number of aromatic nitrogens is 1. The van der Waals surface area contributed by atoms with Gasteiger partial charge in [0.2, 0.25) is 0 Å². The van der Waals surface area contributed by atoms with Crippen LogP contribution in [0.1, 0.15) is 36.8 Å². The van der Waals surface area contributed by atoms with Gasteiger partial charge in [-0.2, -0.15) is 0 Å². The average Bonchev–Trinajstić information content (AvgIpc) is 2.47. The predicted octanol–water partition coefficient (Wildman–Crippen LogP) is 3.12. The Hall–Kier alpha value is -2.56. The van der Waals surface area contributed by atoms with Crippen molar-refractivity contribution in [2.45, 2.75) is 27.2 Å². The fourth-order valence-electron chi connectivity index (χ4n) is 2.49. The summed E-state index contributed by atoms with van der Waals surface area (Å²) in [7, 11) is 0. The zero-order valence-corrected chi connectivity index (χ0v) is 13.6. The molecule has 2 aromatic rings. The lowest BCUT2D eigenvalue weighted by Gasteiger charge is -2.15. The molecule has 23 heavy (non-hydrogen) atoms. The molecule has 0 spiro atoms. The van der Waals surface area contributed by atoms with Crippen LogP contribution in [0, 0.1) is 5.92 Å². The highest BCUT2D eigenvalue weighted by atomic mass is 16.5. The molecule has 0 aliphatic carbocycles. The molecule has 122 valence electrons. The number of H-pyrrole nitrogens is 1. The van der Waals surface area contributed by atoms with Crippen molar-refractivity contribution >= 4 is 5.97 Å². The van der Waals surface area contributed by atoms with E-state index in [1.165, 1.54) is 0 Å². The first-order valence-electron chi connectivity index (χ1n) is 7.66. The Kier molecular flexibility index (Phi) is 5.21. The fraction of sp³-hybridized carbons (Fsp3) is 0.333. The third kappa shape index (κ3) is 3.62. The number of hydrogen-bond acceptors (Lipinski definition) is 4. The Labute approximate surface area is 134 Å². The van der Waals surface area contributed by atoms with Crippen molar-refractivity contribution in [2.24, 2.45) is 5.92 Å². The monoisotopic (exact) mass is 315 g/mol. The van der Waals surface area contributed by atoms with Crippen LogP contribution in [0.25, 0.3) is 11.1 Å². The Morgan fingerprint density at radius 2 is 1.91 bits per heavy atom. The highest BCUT2D eigenvalue weighted by Crippen LogP contribution is 2.31. The molecule has 0 saturated carbocycles. The van der Waals surface area contributed by atoms with Crippen LogP contribution in [-0.4, -0.2) is 22.7 Å². The molecule has 0 fully saturated rings. The van der Waals surface area contributed by atoms with Crippen molar-refractivity contribution in [3.8, 4) is 16.9 Å². The van der Waals surface area contributed by atoms with Crippen molar-refractivity contribution in [1.29, 1.82) is 0 Å². The van der Waals surface area contributed by atoms with Gasteiger partial charge in [0.25, 0.3) is 5.56 Å². The van der Waals surface area contributed by atoms with Crippen LogP contribution in [0.3, 0.4) is 0 Å². The van der Waals surface area contributed by atoms with Gasteiger partial charge in [0.15, 0.2) is 0 Å². The fourth-order valence-corrected chi connectivity index (χ4v) is 2.49. The minimum atomic E-state index is -0.630. The molecular formula is C18H21NO4. The second-order valence-electron chi connectivity index (χ2n) is 5.72. The number of aromatic amines is 1. The molecule has 1 heterocycles. The summed E-state index contributed by atoms with van der Waals surface area (Å²) in [4.78, 5) is 27.4. The van der Waals surface area contributed by atoms with Gasteiger partial charge in [-0.05, 0) is 24.8 Å². The molecule has 5 nitrogen and oxygen atoms in total. The second kappa shape index (κ2) is 7.13. The van der Waals surface area contributed by atoms with Crippen LogP contribution in [-0.2, 0) is 11.2 Å². The molecule has 0 radical (unpaired) electrons. The smallest absolute Gasteiger partial charge is 0.343 e. The van der Waals surface area contributed by atoms with E-state index < -0.39 is 11.5 Å². The SMILES string of the molecule is CCOC(=O)c1c(CC(C)C)[nH]c(=O)c(-c2ccccc2)c1O. The number of ether oxygens (including phenoxy) is 1. The van der Waals surface area contributed by atoms with Crippen LogP contribution in [0.2, 0.25) is 0 Å². The Balaban J connectivity index is 2.70. The average molecular weight is 315 g/mol. The summed E-state index contributed by atoms with van der Waals surface area (Å²) in [6, 6.07) is 8.76. The first-order valence-corrected chi connectivity index (χ1v) is 7.66. The van der Waals surface area contributed by atoms with Gasteiger partial charge in [0, 0.05) is 5.69 Å². The quantitative estimate of drug-likeness (QED) is 0.831. The van der Waals surface area contributed by atoms with Crippen LogP contribution in [0.4, 0.5) is 0 Å². The van der Waals surface area contributed by atoms with Crippen molar-refractivity contribution < 1.29 is 14.6 Å². The number of nitrogens with one attached hydrogen (secondary N) is 1. The molecule has 2 N–H and O–H groups in total. The molecule has 1 aromatic carbocycles. The highest BCUT2D eigenvalue weighted by Gasteiger charge is 2.24. The van der Waals surface area contributed by atoms with Gasteiger partial charge >= 0.3 is 5.97 Å². The number of pyridine rings is 1. The van der Waals surface area contributed by atoms with Gasteiger partial charge in [-0.25, -0.2) is 4.79 Å². The summed E-state index contributed by atoms with van der Waals surface area (Å²) in [6.07, 6.45) is 0.464. The van der Waals surface area contributed by atoms with Crippen molar-refractivity contribution in [2.75, 3.05) is 6.61 Å². The maximum Gasteiger partial charge on any atom is 0.343 e. The summed E-state index contributed by atoms with van der Waals surface area (Å²) < 4.78 is 5.04. The molecule has 0 aliphatic heterocycles. The van der Waals surface area contributed by atoms with Crippen LogP contribution in [0.15, 0.2) is 35.1 Å². The Morgan fingerprint density at radius 1 is 1.26 bits per heavy atom. The first kappa shape index (κ1) is 16.8. The van der Waals surface area contributed by atoms with Crippen molar-refractivity contribution in [3.05, 3.63) is 51.9 Å². The Bertz CT molecular complexity index is 748. The number of hydrogen-bond donors (Lipinski definition) is 2. The van der Waals surface area contributed by atoms with Gasteiger partial charge < -0.3 is 14.8 Å². The van der Waals surface area contributed by atoms with Crippen LogP contribution in [0.5, 0.6) is 5.75 Å². The minimum Gasteiger partial charge on any atom is -0.506 e. The number of carbonyl (C=O) groups is 1. The third-order valence-electron chi connectivity index (χ3n) is 3.42. The molecule has 0 atom stereocenters. The summed E-state index contributed by atoms with van der Waals surface area (Å²) >= 11 is 0. The lowest BCUT2D eigenvalue weighted by atomic mass is 9.98. The minimum absolute atomic E-state index is 0.0407. The van der Waals surface area contributed by atoms with E-state index in [9.17, 15) is 14.7 Å². The van der Waals surface area contributed by atoms with Crippen LogP contribution < -0.4 is 5.56 Å². The lowest BCUT2D eigenvalue weighted by Crippen LogP contribution is -2.20. The summed E-state index contributed by atoms with van der Waals surface area (Å²) in [6.45, 7) is 5.82. The lowest BCUT2D eigenvalue weighted by molar-refractivity contribution is 0.0521. The van der Waals surface area contributed by atoms with Crippen molar-refractivity contribution in [3.63, 3.8) is 0 Å². The number of benzene rings is 1. The number of carbonyl (C=O) groups excluding carboxylic acids is 1. The molecule has 5 heteroatoms. The van der Waals surface area contributed by atoms with Gasteiger partial charge in [-0.3, -0.25) is 4.79 Å². The highest BCUT2D eigenvalue weighted by molar-refractivity contribution is 5.96. The van der Waals surface area contributed by atoms with Crippen LogP contribution >= 0.6 is 0 Å². The predicted molar refractivity (Wildman–Crippen MR) is 88.7 cm³/mol. The zero-order valence-electron chi connectivity index (χ0n) is 13.6. The van der Waals surface area contributed by atoms with Gasteiger partial charge in [0.1, 0.15) is 11.3 Å². The van der Waals surface area contributed by atoms with E-state index in [0.29, 0.717) is 17.7 Å². The molecule has 2 rings (SSSR count). The van der Waals surface area contributed by atoms with E-state index >= 15 is 0 Å². The number of rotatable bonds is 5. The molecule has 0 aliphatic rings. The van der Waals surface area contributed by atoms with Crippen molar-refractivity contribution in [1.82, 2.24) is 4.98 Å². The summed E-state index contributed by atoms with van der Waals surface area (Å²) in [5.41, 5.74) is 0.658. The molecule has 1 aromatic heterocycles. The maximum atomic E-state index is 12.4. The second-order valence-corrected chi connectivity index (χ2v) is 5.72. The molecule has 0 saturated heterocycles. The summed E-state index contributed by atoms with van der Waals surface area (Å²) in [5, 5.41) is 10.6. The largest absolute Gasteiger partial charge is 0.506 e. The van der Waals surface area contributed by atoms with E-state index in [1.807, 2.05) is 19.9 Å². The summed E-state index contributed by atoms with van der Waals surface area (Å²) in [5.74, 6) is -0.746. The van der Waals surface area contributed by atoms with Gasteiger partial charge in [0.05, 0.1) is 12.2 Å². The standard InChI is InChI=1S/C18H21NO4/c1-4-23-18(22)15-13(10-11(2)3)19-17(21)14(16(15)20)12-8-6-5-7-9-12/h5-9,11H,4,10H2,1-3H3,(H2,19,20,21). The number of esters is 1. The molecule has 0 bridgehead atoms. The third-order valence-corrected chi connectivity index (χ3v) is 3.42. The molecular weight excluding hydrogens is 294 g/mol. The first-order chi connectivity index (χ1) is 11.0. The molecule has 0 unspecified atom stereocenters. The molecule has 0 amide bonds.